The van der Waals surface area contributed by atoms with E-state index in [1.165, 1.54) is 19.5 Å². The number of esters is 1. The normalized spacial score (nSPS) is 37.8. The van der Waals surface area contributed by atoms with E-state index in [1.807, 2.05) is 11.8 Å². The zero-order valence-corrected chi connectivity index (χ0v) is 49.5. The second-order valence-corrected chi connectivity index (χ2v) is 24.4. The van der Waals surface area contributed by atoms with Crippen molar-refractivity contribution < 1.29 is 88.2 Å². The zero-order chi connectivity index (χ0) is 59.7. The van der Waals surface area contributed by atoms with Crippen LogP contribution in [0.2, 0.25) is 0 Å². The molecule has 3 heterocycles. The fraction of sp³-hybridized carbons (Fsp3) is 0.821. The molecule has 454 valence electrons. The fourth-order valence-corrected chi connectivity index (χ4v) is 11.6. The number of carbonyl (C=O) groups is 4. The predicted octanol–water partition coefficient (Wildman–Crippen LogP) is 2.01. The minimum absolute atomic E-state index is 0.0358. The highest BCUT2D eigenvalue weighted by molar-refractivity contribution is 5.92. The smallest absolute Gasteiger partial charge is 0.408 e. The quantitative estimate of drug-likeness (QED) is 0.0606. The van der Waals surface area contributed by atoms with Crippen LogP contribution in [0.25, 0.3) is 0 Å². The van der Waals surface area contributed by atoms with Crippen molar-refractivity contribution in [2.75, 3.05) is 40.8 Å². The molecule has 21 atom stereocenters. The van der Waals surface area contributed by atoms with E-state index >= 15 is 0 Å². The number of amides is 3. The van der Waals surface area contributed by atoms with Gasteiger partial charge in [-0.15, -0.1) is 0 Å². The van der Waals surface area contributed by atoms with Gasteiger partial charge in [0.25, 0.3) is 5.91 Å². The summed E-state index contributed by atoms with van der Waals surface area (Å²) in [5, 5.41) is 86.1. The summed E-state index contributed by atoms with van der Waals surface area (Å²) in [4.78, 5) is 58.1. The molecule has 0 radical (unpaired) electrons. The predicted molar refractivity (Wildman–Crippen MR) is 289 cm³/mol. The Balaban J connectivity index is 1.67. The Morgan fingerprint density at radius 1 is 0.937 bits per heavy atom. The number of benzene rings is 1. The standard InChI is InChI=1S/C56H97N5O18/c1-17-40-56(13,71)45(64)34(6)60(14)28-30(2)25-54(11,70)47(32(4)44(33(5)50(68)76-40)77-41-26-55(12,73-16)46(65)35(7)75-41)78-51-43(63)39(23-31(3)74-51)61(15)29-37(62)27-57-48(66)38(24-36-21-19-18-20-22-36)42(49(67)59-72)58-52(69)79-53(8,9)10/h18-22,30-35,37-47,51,62-65,70-72H,17,23-29H2,1-16H3,(H,57,66)(H,58,69)(H,59,67)/t30-,31-,32+,33-,34-,35+,37?,38?,39?,40-,41+,42?,43-,44+,45-,46+,47-,51+,54-,55-,56-/m1/s1. The lowest BCUT2D eigenvalue weighted by Crippen LogP contribution is -2.61. The summed E-state index contributed by atoms with van der Waals surface area (Å²) in [6.07, 6.45) is -13.0. The van der Waals surface area contributed by atoms with Crippen molar-refractivity contribution in [3.63, 3.8) is 0 Å². The van der Waals surface area contributed by atoms with E-state index in [9.17, 15) is 55.0 Å². The van der Waals surface area contributed by atoms with E-state index in [2.05, 4.69) is 10.6 Å². The van der Waals surface area contributed by atoms with Gasteiger partial charge in [-0.3, -0.25) is 24.5 Å². The van der Waals surface area contributed by atoms with E-state index < -0.39 is 150 Å². The number of carbonyl (C=O) groups excluding carboxylic acids is 4. The van der Waals surface area contributed by atoms with E-state index in [0.717, 1.165) is 0 Å². The summed E-state index contributed by atoms with van der Waals surface area (Å²) >= 11 is 0. The maximum absolute atomic E-state index is 14.5. The van der Waals surface area contributed by atoms with Gasteiger partial charge in [-0.25, -0.2) is 10.3 Å². The molecule has 0 bridgehead atoms. The average Bonchev–Trinajstić information content (AvgIpc) is 3.42. The molecule has 0 aromatic heterocycles. The van der Waals surface area contributed by atoms with Gasteiger partial charge in [0.15, 0.2) is 12.6 Å². The summed E-state index contributed by atoms with van der Waals surface area (Å²) in [6, 6.07) is 5.75. The number of methoxy groups -OCH3 is 1. The molecule has 4 rings (SSSR count). The summed E-state index contributed by atoms with van der Waals surface area (Å²) in [5.41, 5.74) is -3.56. The zero-order valence-electron chi connectivity index (χ0n) is 49.5. The highest BCUT2D eigenvalue weighted by Gasteiger charge is 2.53. The second-order valence-electron chi connectivity index (χ2n) is 24.4. The molecule has 3 fully saturated rings. The molecule has 23 heteroatoms. The molecule has 3 amide bonds. The van der Waals surface area contributed by atoms with Crippen LogP contribution >= 0.6 is 0 Å². The van der Waals surface area contributed by atoms with Crippen LogP contribution in [-0.2, 0) is 54.0 Å². The first-order chi connectivity index (χ1) is 36.6. The summed E-state index contributed by atoms with van der Waals surface area (Å²) in [6.45, 7) is 21.7. The van der Waals surface area contributed by atoms with Crippen LogP contribution in [0.15, 0.2) is 30.3 Å². The first-order valence-corrected chi connectivity index (χ1v) is 27.8. The van der Waals surface area contributed by atoms with Crippen molar-refractivity contribution in [3.05, 3.63) is 35.9 Å². The first kappa shape index (κ1) is 67.8. The Morgan fingerprint density at radius 2 is 1.57 bits per heavy atom. The third-order valence-electron chi connectivity index (χ3n) is 16.2. The van der Waals surface area contributed by atoms with Gasteiger partial charge < -0.3 is 79.3 Å². The van der Waals surface area contributed by atoms with Gasteiger partial charge in [0.1, 0.15) is 41.7 Å². The van der Waals surface area contributed by atoms with Crippen LogP contribution in [0.3, 0.4) is 0 Å². The Morgan fingerprint density at radius 3 is 2.15 bits per heavy atom. The van der Waals surface area contributed by atoms with Crippen LogP contribution in [0.5, 0.6) is 0 Å². The van der Waals surface area contributed by atoms with Gasteiger partial charge in [-0.2, -0.15) is 0 Å². The number of hydrogen-bond donors (Lipinski definition) is 10. The van der Waals surface area contributed by atoms with Crippen LogP contribution in [0.4, 0.5) is 4.79 Å². The number of nitrogens with one attached hydrogen (secondary N) is 3. The molecule has 4 unspecified atom stereocenters. The third-order valence-corrected chi connectivity index (χ3v) is 16.2. The largest absolute Gasteiger partial charge is 0.459 e. The van der Waals surface area contributed by atoms with Gasteiger partial charge in [-0.05, 0) is 120 Å². The number of likely N-dealkylation sites (N-methyl/N-ethyl adjacent to an activating group) is 2. The number of hydroxylamine groups is 1. The Hall–Kier alpha value is -3.66. The summed E-state index contributed by atoms with van der Waals surface area (Å²) in [7, 11) is 4.93. The van der Waals surface area contributed by atoms with Gasteiger partial charge in [0.2, 0.25) is 5.91 Å². The number of alkyl carbamates (subject to hydrolysis) is 1. The number of rotatable bonds is 17. The molecule has 3 aliphatic heterocycles. The molecule has 1 aromatic carbocycles. The van der Waals surface area contributed by atoms with Crippen molar-refractivity contribution in [1.82, 2.24) is 25.9 Å². The number of aliphatic hydroxyl groups is 6. The number of aliphatic hydroxyl groups excluding tert-OH is 4. The van der Waals surface area contributed by atoms with E-state index in [4.69, 9.17) is 33.2 Å². The lowest BCUT2D eigenvalue weighted by molar-refractivity contribution is -0.318. The minimum Gasteiger partial charge on any atom is -0.459 e. The van der Waals surface area contributed by atoms with Gasteiger partial charge in [0.05, 0.1) is 53.6 Å². The molecule has 23 nitrogen and oxygen atoms in total. The topological polar surface area (TPSA) is 317 Å². The van der Waals surface area contributed by atoms with Crippen molar-refractivity contribution in [1.29, 1.82) is 0 Å². The summed E-state index contributed by atoms with van der Waals surface area (Å²) < 4.78 is 43.4. The lowest BCUT2D eigenvalue weighted by atomic mass is 9.77. The van der Waals surface area contributed by atoms with Crippen LogP contribution in [0.1, 0.15) is 121 Å². The number of hydrogen-bond acceptors (Lipinski definition) is 20. The number of nitrogens with zero attached hydrogens (tertiary/aromatic N) is 2. The van der Waals surface area contributed by atoms with Gasteiger partial charge >= 0.3 is 12.1 Å². The molecule has 10 N–H and O–H groups in total. The van der Waals surface area contributed by atoms with Crippen LogP contribution in [-0.4, -0.2) is 218 Å². The fourth-order valence-electron chi connectivity index (χ4n) is 11.6. The number of ether oxygens (including phenoxy) is 7. The first-order valence-electron chi connectivity index (χ1n) is 27.8. The van der Waals surface area contributed by atoms with E-state index in [1.54, 1.807) is 125 Å². The molecule has 0 spiro atoms. The highest BCUT2D eigenvalue weighted by atomic mass is 16.7. The monoisotopic (exact) mass is 1130 g/mol. The van der Waals surface area contributed by atoms with Crippen LogP contribution < -0.4 is 16.1 Å². The maximum atomic E-state index is 14.5. The molecular weight excluding hydrogens is 1030 g/mol. The van der Waals surface area contributed by atoms with Crippen molar-refractivity contribution in [3.8, 4) is 0 Å². The molecule has 3 aliphatic rings. The van der Waals surface area contributed by atoms with E-state index in [-0.39, 0.29) is 51.1 Å². The highest BCUT2D eigenvalue weighted by Crippen LogP contribution is 2.40. The summed E-state index contributed by atoms with van der Waals surface area (Å²) in [5.74, 6) is -6.24. The lowest BCUT2D eigenvalue weighted by Gasteiger charge is -2.49. The molecule has 0 saturated carbocycles. The molecule has 0 aliphatic carbocycles. The number of cyclic esters (lactones) is 1. The van der Waals surface area contributed by atoms with Crippen LogP contribution in [0, 0.1) is 23.7 Å². The Bertz CT molecular complexity index is 2100. The van der Waals surface area contributed by atoms with Crippen molar-refractivity contribution >= 4 is 23.9 Å². The molecule has 1 aromatic rings. The Labute approximate surface area is 467 Å². The molecule has 3 saturated heterocycles. The van der Waals surface area contributed by atoms with Crippen molar-refractivity contribution in [2.24, 2.45) is 23.7 Å². The van der Waals surface area contributed by atoms with Gasteiger partial charge in [-0.1, -0.05) is 51.1 Å². The third kappa shape index (κ3) is 17.9. The Kier molecular flexibility index (Phi) is 24.5. The average molecular weight is 1130 g/mol. The molecule has 79 heavy (non-hydrogen) atoms. The minimum atomic E-state index is -1.89. The second kappa shape index (κ2) is 28.6. The van der Waals surface area contributed by atoms with E-state index in [0.29, 0.717) is 12.1 Å². The maximum Gasteiger partial charge on any atom is 0.408 e. The van der Waals surface area contributed by atoms with Gasteiger partial charge in [0, 0.05) is 51.2 Å². The van der Waals surface area contributed by atoms with Crippen molar-refractivity contribution in [2.45, 2.75) is 230 Å². The molecular formula is C56H97N5O18. The SMILES string of the molecule is CC[C@H]1OC(=O)[C@H](C)[C@@H](O[C@H]2C[C@@](C)(OC)[C@@H](O)[C@H](C)O2)[C@H](C)[C@@H](O[C@@H]2O[C@H](C)CC(N(C)CC(O)CNC(=O)C(Cc3ccccc3)C(NC(=O)OC(C)(C)C)C(=O)NO)[C@H]2O)[C@](C)(O)C[C@@H](C)CN(C)[C@H](C)[C@@H](O)[C@]1(C)O.